The minimum Gasteiger partial charge on any atom is -0.550 e. The Kier molecular flexibility index (Phi) is 29.6. The summed E-state index contributed by atoms with van der Waals surface area (Å²) >= 11 is 0. The summed E-state index contributed by atoms with van der Waals surface area (Å²) in [7, 11) is 0. The van der Waals surface area contributed by atoms with E-state index in [0.717, 1.165) is 70.6 Å². The molecule has 0 aliphatic rings. The van der Waals surface area contributed by atoms with Crippen molar-refractivity contribution in [3.8, 4) is 0 Å². The summed E-state index contributed by atoms with van der Waals surface area (Å²) in [6.07, 6.45) is 14.9. The van der Waals surface area contributed by atoms with Crippen LogP contribution in [0.15, 0.2) is 0 Å². The van der Waals surface area contributed by atoms with Gasteiger partial charge in [-0.3, -0.25) is 0 Å². The quantitative estimate of drug-likeness (QED) is 0.183. The monoisotopic (exact) mass is 687 g/mol. The van der Waals surface area contributed by atoms with E-state index in [1.807, 2.05) is 6.92 Å². The molecule has 0 spiro atoms. The maximum absolute atomic E-state index is 10.8. The van der Waals surface area contributed by atoms with Crippen molar-refractivity contribution >= 4 is 17.9 Å². The molecule has 227 valence electrons. The molecule has 1 atom stereocenters. The van der Waals surface area contributed by atoms with Crippen LogP contribution in [-0.4, -0.2) is 17.9 Å². The number of carbonyl (C=O) groups excluding carboxylic acids is 3. The zero-order valence-corrected chi connectivity index (χ0v) is 27.0. The van der Waals surface area contributed by atoms with Gasteiger partial charge in [-0.05, 0) is 25.7 Å². The van der Waals surface area contributed by atoms with Gasteiger partial charge in [0, 0.05) is 34.2 Å². The molecule has 0 rings (SSSR count). The normalized spacial score (nSPS) is 12.6. The summed E-state index contributed by atoms with van der Waals surface area (Å²) in [4.78, 5) is 32.0. The second kappa shape index (κ2) is 24.9. The van der Waals surface area contributed by atoms with Gasteiger partial charge in [0.05, 0.1) is 0 Å². The fourth-order valence-corrected chi connectivity index (χ4v) is 3.64. The van der Waals surface area contributed by atoms with Crippen LogP contribution < -0.4 is 15.3 Å². The summed E-state index contributed by atoms with van der Waals surface area (Å²) in [5.41, 5.74) is -1.88. The van der Waals surface area contributed by atoms with Crippen molar-refractivity contribution in [3.05, 3.63) is 0 Å². The van der Waals surface area contributed by atoms with Crippen LogP contribution in [0.2, 0.25) is 0 Å². The Bertz CT molecular complexity index is 555. The van der Waals surface area contributed by atoms with Crippen molar-refractivity contribution in [2.75, 3.05) is 0 Å². The fraction of sp³-hybridized carbons (Fsp3) is 0.900. The molecule has 0 aromatic rings. The fourth-order valence-electron chi connectivity index (χ4n) is 3.64. The summed E-state index contributed by atoms with van der Waals surface area (Å²) in [5.74, 6) is -2.75. The number of hydrogen-bond donors (Lipinski definition) is 0. The summed E-state index contributed by atoms with van der Waals surface area (Å²) < 4.78 is 0. The van der Waals surface area contributed by atoms with Crippen LogP contribution in [0.4, 0.5) is 0 Å². The standard InChI is InChI=1S/3C10H20O2.Yb/c2*1-4-5-6-7-8-10(2,3)9(11)12;1-4-6-8-10(3,7-5-2)9(11)12;/h3*4-8H2,1-3H3,(H,11,12);/q;;;+3/p-3. The molecule has 0 saturated heterocycles. The van der Waals surface area contributed by atoms with Crippen LogP contribution >= 0.6 is 0 Å². The SMILES string of the molecule is CCCCC(C)(CCC)C(=O)[O-].CCCCCCC(C)(C)C(=O)[O-].CCCCCCC(C)(C)C(=O)[O-].[Yb+3]. The van der Waals surface area contributed by atoms with E-state index in [4.69, 9.17) is 0 Å². The van der Waals surface area contributed by atoms with Gasteiger partial charge in [0.1, 0.15) is 0 Å². The molecule has 1 radical (unpaired) electrons. The topological polar surface area (TPSA) is 120 Å². The van der Waals surface area contributed by atoms with Gasteiger partial charge in [-0.1, -0.05) is 133 Å². The molecule has 0 fully saturated rings. The molecule has 0 aliphatic carbocycles. The minimum absolute atomic E-state index is 0. The Labute approximate surface area is 267 Å². The Morgan fingerprint density at radius 1 is 0.459 bits per heavy atom. The number of unbranched alkanes of at least 4 members (excludes halogenated alkanes) is 7. The van der Waals surface area contributed by atoms with Crippen LogP contribution in [0.1, 0.15) is 159 Å². The molecule has 0 aliphatic heterocycles. The minimum atomic E-state index is -0.931. The van der Waals surface area contributed by atoms with E-state index >= 15 is 0 Å². The number of rotatable bonds is 18. The van der Waals surface area contributed by atoms with Gasteiger partial charge in [-0.2, -0.15) is 0 Å². The first-order valence-electron chi connectivity index (χ1n) is 14.2. The maximum atomic E-state index is 10.8. The molecule has 0 heterocycles. The Balaban J connectivity index is -0.000000218. The van der Waals surface area contributed by atoms with Crippen molar-refractivity contribution in [2.45, 2.75) is 159 Å². The molecule has 0 bridgehead atoms. The zero-order valence-electron chi connectivity index (χ0n) is 25.3. The third-order valence-corrected chi connectivity index (χ3v) is 6.79. The number of aliphatic carboxylic acids is 3. The van der Waals surface area contributed by atoms with Gasteiger partial charge >= 0.3 is 46.9 Å². The molecule has 0 N–H and O–H groups in total. The second-order valence-electron chi connectivity index (χ2n) is 11.7. The van der Waals surface area contributed by atoms with Gasteiger partial charge < -0.3 is 29.7 Å². The summed E-state index contributed by atoms with van der Waals surface area (Å²) in [5, 5.41) is 32.0. The Morgan fingerprint density at radius 3 is 1.05 bits per heavy atom. The predicted octanol–water partition coefficient (Wildman–Crippen LogP) is 5.20. The van der Waals surface area contributed by atoms with Crippen molar-refractivity contribution in [1.82, 2.24) is 0 Å². The molecule has 37 heavy (non-hydrogen) atoms. The van der Waals surface area contributed by atoms with Crippen molar-refractivity contribution in [2.24, 2.45) is 16.2 Å². The number of carbonyl (C=O) groups is 3. The Hall–Kier alpha value is -0.0705. The number of hydrogen-bond acceptors (Lipinski definition) is 6. The van der Waals surface area contributed by atoms with Gasteiger partial charge in [0.25, 0.3) is 0 Å². The van der Waals surface area contributed by atoms with Gasteiger partial charge in [0.2, 0.25) is 0 Å². The van der Waals surface area contributed by atoms with E-state index in [2.05, 4.69) is 20.8 Å². The van der Waals surface area contributed by atoms with Gasteiger partial charge in [0.15, 0.2) is 0 Å². The maximum Gasteiger partial charge on any atom is 3.00 e. The molecule has 0 amide bonds. The zero-order chi connectivity index (χ0) is 28.8. The van der Waals surface area contributed by atoms with Crippen molar-refractivity contribution < 1.29 is 76.6 Å². The Morgan fingerprint density at radius 2 is 0.811 bits per heavy atom. The van der Waals surface area contributed by atoms with Crippen LogP contribution in [0.25, 0.3) is 0 Å². The summed E-state index contributed by atoms with van der Waals surface area (Å²) in [6, 6.07) is 0. The van der Waals surface area contributed by atoms with Crippen LogP contribution in [0, 0.1) is 63.2 Å². The number of carboxylic acid groups (broad SMARTS) is 3. The molecule has 6 nitrogen and oxygen atoms in total. The largest absolute Gasteiger partial charge is 3.00 e. The smallest absolute Gasteiger partial charge is 0.550 e. The second-order valence-corrected chi connectivity index (χ2v) is 11.7. The van der Waals surface area contributed by atoms with E-state index in [1.165, 1.54) is 25.7 Å². The first kappa shape index (κ1) is 44.0. The average Bonchev–Trinajstić information content (AvgIpc) is 2.79. The van der Waals surface area contributed by atoms with Gasteiger partial charge in [-0.25, -0.2) is 0 Å². The van der Waals surface area contributed by atoms with E-state index in [1.54, 1.807) is 34.6 Å². The van der Waals surface area contributed by atoms with Crippen LogP contribution in [0.3, 0.4) is 0 Å². The van der Waals surface area contributed by atoms with Gasteiger partial charge in [-0.15, -0.1) is 0 Å². The van der Waals surface area contributed by atoms with E-state index < -0.39 is 34.2 Å². The molecule has 7 heteroatoms. The predicted molar refractivity (Wildman–Crippen MR) is 143 cm³/mol. The molecule has 1 unspecified atom stereocenters. The van der Waals surface area contributed by atoms with Crippen molar-refractivity contribution in [1.29, 1.82) is 0 Å². The average molecular weight is 687 g/mol. The van der Waals surface area contributed by atoms with E-state index in [-0.39, 0.29) is 46.9 Å². The molecule has 0 aromatic heterocycles. The summed E-state index contributed by atoms with van der Waals surface area (Å²) in [6.45, 7) is 17.1. The first-order valence-corrected chi connectivity index (χ1v) is 14.2. The molecule has 0 aromatic carbocycles. The first-order chi connectivity index (χ1) is 16.6. The van der Waals surface area contributed by atoms with E-state index in [0.29, 0.717) is 0 Å². The molecular formula is C30H57O6Yb. The van der Waals surface area contributed by atoms with Crippen molar-refractivity contribution in [3.63, 3.8) is 0 Å². The van der Waals surface area contributed by atoms with Crippen LogP contribution in [0.5, 0.6) is 0 Å². The van der Waals surface area contributed by atoms with E-state index in [9.17, 15) is 29.7 Å². The third kappa shape index (κ3) is 24.7. The molecule has 0 saturated carbocycles. The third-order valence-electron chi connectivity index (χ3n) is 6.79. The molecular weight excluding hydrogens is 629 g/mol. The number of carboxylic acids is 3. The van der Waals surface area contributed by atoms with Crippen LogP contribution in [-0.2, 0) is 14.4 Å².